The van der Waals surface area contributed by atoms with Crippen LogP contribution in [0.1, 0.15) is 0 Å². The van der Waals surface area contributed by atoms with Crippen LogP contribution in [-0.4, -0.2) is 23.7 Å². The molecule has 0 saturated heterocycles. The van der Waals surface area contributed by atoms with E-state index in [1.54, 1.807) is 0 Å². The number of fused-ring (bicyclic) bond motifs is 7. The molecule has 0 N–H and O–H groups in total. The first-order chi connectivity index (χ1) is 26.3. The quantitative estimate of drug-likeness (QED) is 0.182. The maximum Gasteiger partial charge on any atom is 0.182 e. The maximum atomic E-state index is 5.15. The molecule has 0 bridgehead atoms. The van der Waals surface area contributed by atoms with Crippen LogP contribution >= 0.6 is 0 Å². The smallest absolute Gasteiger partial charge is 0.182 e. The van der Waals surface area contributed by atoms with Crippen molar-refractivity contribution in [3.8, 4) is 45.0 Å². The molecule has 0 aliphatic heterocycles. The summed E-state index contributed by atoms with van der Waals surface area (Å²) in [6.07, 6.45) is 4.16. The van der Waals surface area contributed by atoms with Gasteiger partial charge in [-0.05, 0) is 94.2 Å². The Hall–Kier alpha value is -7.24. The Morgan fingerprint density at radius 1 is 0.377 bits per heavy atom. The molecule has 0 atom stereocenters. The topological polar surface area (TPSA) is 40.0 Å². The number of rotatable bonds is 5. The summed E-state index contributed by atoms with van der Waals surface area (Å²) in [5.41, 5.74) is 12.2. The van der Waals surface area contributed by atoms with E-state index in [9.17, 15) is 0 Å². The Labute approximate surface area is 305 Å². The Kier molecular flexibility index (Phi) is 6.48. The number of hydrogen-bond donors (Lipinski definition) is 0. The molecule has 53 heavy (non-hydrogen) atoms. The summed E-state index contributed by atoms with van der Waals surface area (Å²) >= 11 is 0. The van der Waals surface area contributed by atoms with Gasteiger partial charge in [-0.15, -0.1) is 5.10 Å². The molecule has 7 aromatic carbocycles. The zero-order valence-electron chi connectivity index (χ0n) is 28.6. The average molecular weight is 678 g/mol. The largest absolute Gasteiger partial charge is 0.316 e. The van der Waals surface area contributed by atoms with Gasteiger partial charge in [0.25, 0.3) is 0 Å². The van der Waals surface area contributed by atoms with Crippen LogP contribution in [0.3, 0.4) is 0 Å². The molecule has 4 heterocycles. The Morgan fingerprint density at radius 2 is 1.08 bits per heavy atom. The monoisotopic (exact) mass is 677 g/mol. The van der Waals surface area contributed by atoms with E-state index in [0.29, 0.717) is 5.82 Å². The van der Waals surface area contributed by atoms with Gasteiger partial charge in [0.2, 0.25) is 0 Å². The molecule has 0 unspecified atom stereocenters. The summed E-state index contributed by atoms with van der Waals surface area (Å²) in [5, 5.41) is 11.1. The van der Waals surface area contributed by atoms with Crippen molar-refractivity contribution >= 4 is 49.1 Å². The molecule has 0 radical (unpaired) electrons. The fourth-order valence-electron chi connectivity index (χ4n) is 8.16. The molecule has 4 aromatic heterocycles. The van der Waals surface area contributed by atoms with Crippen LogP contribution in [0.2, 0.25) is 0 Å². The SMILES string of the molecule is c1ccc(-c2ccc(-c3cccn4nc(-c5ccc(-n6c7ccccc7c7ccc8c(ccn8-c8ccccc8)c76)cc5)nc34)c3ccccc23)cc1. The van der Waals surface area contributed by atoms with Gasteiger partial charge in [-0.3, -0.25) is 0 Å². The van der Waals surface area contributed by atoms with Crippen LogP contribution in [0.25, 0.3) is 94.1 Å². The summed E-state index contributed by atoms with van der Waals surface area (Å²) in [7, 11) is 0. The zero-order valence-corrected chi connectivity index (χ0v) is 28.6. The Balaban J connectivity index is 1.03. The fourth-order valence-corrected chi connectivity index (χ4v) is 8.16. The lowest BCUT2D eigenvalue weighted by molar-refractivity contribution is 0.966. The summed E-state index contributed by atoms with van der Waals surface area (Å²) in [4.78, 5) is 5.15. The van der Waals surface area contributed by atoms with E-state index in [2.05, 4.69) is 191 Å². The third-order valence-corrected chi connectivity index (χ3v) is 10.6. The van der Waals surface area contributed by atoms with Gasteiger partial charge in [-0.2, -0.15) is 0 Å². The molecule has 0 aliphatic carbocycles. The molecule has 0 aliphatic rings. The molecule has 0 spiro atoms. The standard InChI is InChI=1S/C48H31N5/c1-3-12-32(13-4-1)36-25-26-39(38-17-8-7-16-37(36)38)42-19-11-30-52-48(42)49-47(50-52)33-21-23-35(24-22-33)53-45-20-10-9-18-40(45)41-27-28-44-43(46(41)53)29-31-51(44)34-14-5-2-6-15-34/h1-31H. The first-order valence-corrected chi connectivity index (χ1v) is 17.9. The first kappa shape index (κ1) is 29.5. The number of hydrogen-bond acceptors (Lipinski definition) is 2. The van der Waals surface area contributed by atoms with Crippen LogP contribution in [-0.2, 0) is 0 Å². The Morgan fingerprint density at radius 3 is 1.89 bits per heavy atom. The summed E-state index contributed by atoms with van der Waals surface area (Å²) in [5.74, 6) is 0.693. The predicted molar refractivity (Wildman–Crippen MR) is 218 cm³/mol. The highest BCUT2D eigenvalue weighted by molar-refractivity contribution is 6.18. The lowest BCUT2D eigenvalue weighted by atomic mass is 9.92. The van der Waals surface area contributed by atoms with E-state index in [-0.39, 0.29) is 0 Å². The van der Waals surface area contributed by atoms with Crippen molar-refractivity contribution in [2.24, 2.45) is 0 Å². The second-order valence-corrected chi connectivity index (χ2v) is 13.5. The number of nitrogens with zero attached hydrogens (tertiary/aromatic N) is 5. The van der Waals surface area contributed by atoms with E-state index in [0.717, 1.165) is 33.7 Å². The third-order valence-electron chi connectivity index (χ3n) is 10.6. The molecule has 11 aromatic rings. The molecule has 5 heteroatoms. The molecule has 5 nitrogen and oxygen atoms in total. The van der Waals surface area contributed by atoms with Crippen molar-refractivity contribution in [1.29, 1.82) is 0 Å². The van der Waals surface area contributed by atoms with Crippen molar-refractivity contribution in [2.75, 3.05) is 0 Å². The molecule has 0 fully saturated rings. The minimum atomic E-state index is 0.693. The third kappa shape index (κ3) is 4.57. The molecule has 0 amide bonds. The van der Waals surface area contributed by atoms with E-state index in [1.807, 2.05) is 10.7 Å². The molecular weight excluding hydrogens is 647 g/mol. The molecule has 0 saturated carbocycles. The van der Waals surface area contributed by atoms with Crippen LogP contribution < -0.4 is 0 Å². The second kappa shape index (κ2) is 11.7. The van der Waals surface area contributed by atoms with E-state index < -0.39 is 0 Å². The zero-order chi connectivity index (χ0) is 34.9. The molecular formula is C48H31N5. The number of benzene rings is 7. The van der Waals surface area contributed by atoms with Gasteiger partial charge in [0.05, 0.1) is 16.6 Å². The number of para-hydroxylation sites is 2. The van der Waals surface area contributed by atoms with E-state index in [4.69, 9.17) is 10.1 Å². The predicted octanol–water partition coefficient (Wildman–Crippen LogP) is 11.9. The highest BCUT2D eigenvalue weighted by atomic mass is 15.3. The number of aromatic nitrogens is 5. The van der Waals surface area contributed by atoms with Crippen molar-refractivity contribution in [3.05, 3.63) is 188 Å². The highest BCUT2D eigenvalue weighted by Crippen LogP contribution is 2.39. The lowest BCUT2D eigenvalue weighted by Crippen LogP contribution is -1.95. The van der Waals surface area contributed by atoms with Crippen LogP contribution in [0, 0.1) is 0 Å². The van der Waals surface area contributed by atoms with Crippen molar-refractivity contribution < 1.29 is 0 Å². The lowest BCUT2D eigenvalue weighted by Gasteiger charge is -2.12. The summed E-state index contributed by atoms with van der Waals surface area (Å²) < 4.78 is 6.56. The highest BCUT2D eigenvalue weighted by Gasteiger charge is 2.18. The summed E-state index contributed by atoms with van der Waals surface area (Å²) in [6.45, 7) is 0. The van der Waals surface area contributed by atoms with E-state index in [1.165, 1.54) is 54.6 Å². The normalized spacial score (nSPS) is 11.8. The first-order valence-electron chi connectivity index (χ1n) is 17.9. The van der Waals surface area contributed by atoms with Gasteiger partial charge in [0, 0.05) is 51.1 Å². The van der Waals surface area contributed by atoms with Crippen molar-refractivity contribution in [1.82, 2.24) is 23.7 Å². The molecule has 11 rings (SSSR count). The summed E-state index contributed by atoms with van der Waals surface area (Å²) in [6, 6.07) is 62.5. The fraction of sp³-hybridized carbons (Fsp3) is 0. The van der Waals surface area contributed by atoms with Crippen molar-refractivity contribution in [3.63, 3.8) is 0 Å². The minimum Gasteiger partial charge on any atom is -0.316 e. The van der Waals surface area contributed by atoms with Crippen molar-refractivity contribution in [2.45, 2.75) is 0 Å². The van der Waals surface area contributed by atoms with E-state index >= 15 is 0 Å². The molecule has 248 valence electrons. The van der Waals surface area contributed by atoms with Gasteiger partial charge in [-0.1, -0.05) is 109 Å². The average Bonchev–Trinajstić information content (AvgIpc) is 3.95. The Bertz CT molecular complexity index is 3150. The van der Waals surface area contributed by atoms with Gasteiger partial charge in [-0.25, -0.2) is 9.50 Å². The minimum absolute atomic E-state index is 0.693. The van der Waals surface area contributed by atoms with Gasteiger partial charge in [0.15, 0.2) is 11.5 Å². The second-order valence-electron chi connectivity index (χ2n) is 13.5. The van der Waals surface area contributed by atoms with Crippen LogP contribution in [0.15, 0.2) is 188 Å². The van der Waals surface area contributed by atoms with Gasteiger partial charge >= 0.3 is 0 Å². The maximum absolute atomic E-state index is 5.15. The number of pyridine rings is 1. The van der Waals surface area contributed by atoms with Crippen LogP contribution in [0.4, 0.5) is 0 Å². The van der Waals surface area contributed by atoms with Gasteiger partial charge < -0.3 is 9.13 Å². The van der Waals surface area contributed by atoms with Gasteiger partial charge in [0.1, 0.15) is 0 Å². The van der Waals surface area contributed by atoms with Crippen LogP contribution in [0.5, 0.6) is 0 Å².